The molecule has 0 radical (unpaired) electrons. The van der Waals surface area contributed by atoms with E-state index >= 15 is 0 Å². The molecular formula is C6H14N4O6S3. The summed E-state index contributed by atoms with van der Waals surface area (Å²) in [5.41, 5.74) is 7.48. The molecule has 0 aliphatic heterocycles. The summed E-state index contributed by atoms with van der Waals surface area (Å²) in [5.74, 6) is -0.562. The molecule has 1 N–H and O–H groups in total. The molecule has 0 heterocycles. The van der Waals surface area contributed by atoms with E-state index in [1.165, 1.54) is 6.92 Å². The standard InChI is InChI=1S/C3H7NO3S.C2H4OS.CH3N3O2S/c1-3(5)4-8(2,6)7;1-2(3)4;1-7(5,6)4-3-2/h1-2H3,(H,4,5);1H3,(H,3,4);1H3. The van der Waals surface area contributed by atoms with Crippen LogP contribution in [0.25, 0.3) is 10.4 Å². The van der Waals surface area contributed by atoms with Crippen molar-refractivity contribution in [2.75, 3.05) is 12.5 Å². The average molecular weight is 334 g/mol. The topological polar surface area (TPSA) is 163 Å². The van der Waals surface area contributed by atoms with Gasteiger partial charge in [0.25, 0.3) is 0 Å². The van der Waals surface area contributed by atoms with Gasteiger partial charge in [-0.15, -0.1) is 12.6 Å². The molecule has 0 aromatic rings. The Kier molecular flexibility index (Phi) is 12.8. The van der Waals surface area contributed by atoms with Crippen LogP contribution >= 0.6 is 12.6 Å². The lowest BCUT2D eigenvalue weighted by Gasteiger charge is -1.93. The second kappa shape index (κ2) is 10.6. The number of nitrogens with zero attached hydrogens (tertiary/aromatic N) is 3. The summed E-state index contributed by atoms with van der Waals surface area (Å²) in [6.07, 6.45) is 1.75. The van der Waals surface area contributed by atoms with Crippen LogP contribution in [-0.4, -0.2) is 40.4 Å². The summed E-state index contributed by atoms with van der Waals surface area (Å²) in [6, 6.07) is 0. The van der Waals surface area contributed by atoms with Gasteiger partial charge in [0.15, 0.2) is 5.12 Å². The maximum Gasteiger partial charge on any atom is 0.232 e. The third kappa shape index (κ3) is 60.9. The number of carbonyl (C=O) groups is 2. The number of amides is 1. The van der Waals surface area contributed by atoms with Crippen molar-refractivity contribution in [1.82, 2.24) is 4.72 Å². The van der Waals surface area contributed by atoms with Crippen LogP contribution in [0.2, 0.25) is 0 Å². The van der Waals surface area contributed by atoms with Crippen LogP contribution in [0, 0.1) is 0 Å². The summed E-state index contributed by atoms with van der Waals surface area (Å²) in [4.78, 5) is 21.3. The van der Waals surface area contributed by atoms with Crippen molar-refractivity contribution in [2.24, 2.45) is 4.52 Å². The Balaban J connectivity index is -0.000000214. The lowest BCUT2D eigenvalue weighted by Crippen LogP contribution is -2.26. The molecule has 1 amide bonds. The monoisotopic (exact) mass is 334 g/mol. The molecule has 0 aliphatic carbocycles. The first-order valence-corrected chi connectivity index (χ1v) is 8.34. The number of hydrogen-bond acceptors (Lipinski definition) is 6. The molecule has 0 aromatic heterocycles. The van der Waals surface area contributed by atoms with Gasteiger partial charge in [-0.1, -0.05) is 0 Å². The van der Waals surface area contributed by atoms with Gasteiger partial charge in [-0.05, 0) is 5.53 Å². The Morgan fingerprint density at radius 3 is 1.47 bits per heavy atom. The molecule has 0 spiro atoms. The van der Waals surface area contributed by atoms with Gasteiger partial charge in [0.2, 0.25) is 26.0 Å². The van der Waals surface area contributed by atoms with Gasteiger partial charge in [0.05, 0.1) is 6.26 Å². The van der Waals surface area contributed by atoms with E-state index < -0.39 is 26.0 Å². The maximum atomic E-state index is 10.1. The van der Waals surface area contributed by atoms with Crippen LogP contribution in [0.15, 0.2) is 4.52 Å². The van der Waals surface area contributed by atoms with E-state index in [9.17, 15) is 26.4 Å². The van der Waals surface area contributed by atoms with E-state index in [1.807, 2.05) is 4.91 Å². The summed E-state index contributed by atoms with van der Waals surface area (Å²) >= 11 is 3.33. The zero-order valence-corrected chi connectivity index (χ0v) is 13.1. The van der Waals surface area contributed by atoms with Crippen LogP contribution in [0.3, 0.4) is 0 Å². The number of rotatable bonds is 2. The van der Waals surface area contributed by atoms with E-state index in [1.54, 1.807) is 4.72 Å². The largest absolute Gasteiger partial charge is 0.288 e. The minimum Gasteiger partial charge on any atom is -0.288 e. The first-order chi connectivity index (χ1) is 8.21. The highest BCUT2D eigenvalue weighted by Gasteiger charge is 1.99. The second-order valence-corrected chi connectivity index (χ2v) is 6.86. The van der Waals surface area contributed by atoms with Gasteiger partial charge < -0.3 is 0 Å². The fourth-order valence-corrected chi connectivity index (χ4v) is 0.982. The van der Waals surface area contributed by atoms with Crippen molar-refractivity contribution in [3.63, 3.8) is 0 Å². The number of carbonyl (C=O) groups excluding carboxylic acids is 2. The second-order valence-electron chi connectivity index (χ2n) is 2.85. The molecule has 0 unspecified atom stereocenters. The Bertz CT molecular complexity index is 542. The Hall–Kier alpha value is -1.30. The lowest BCUT2D eigenvalue weighted by molar-refractivity contribution is -0.117. The first kappa shape index (κ1) is 22.8. The van der Waals surface area contributed by atoms with Crippen molar-refractivity contribution in [2.45, 2.75) is 13.8 Å². The first-order valence-electron chi connectivity index (χ1n) is 4.15. The molecule has 13 heteroatoms. The smallest absolute Gasteiger partial charge is 0.232 e. The molecule has 0 rings (SSSR count). The zero-order chi connectivity index (χ0) is 16.3. The van der Waals surface area contributed by atoms with Gasteiger partial charge in [0, 0.05) is 29.5 Å². The Morgan fingerprint density at radius 2 is 1.47 bits per heavy atom. The highest BCUT2D eigenvalue weighted by molar-refractivity contribution is 7.96. The molecule has 0 fully saturated rings. The summed E-state index contributed by atoms with van der Waals surface area (Å²) in [6.45, 7) is 2.53. The molecule has 0 atom stereocenters. The number of azide groups is 1. The van der Waals surface area contributed by atoms with Crippen LogP contribution < -0.4 is 4.72 Å². The van der Waals surface area contributed by atoms with Crippen molar-refractivity contribution in [1.29, 1.82) is 0 Å². The fraction of sp³-hybridized carbons (Fsp3) is 0.667. The van der Waals surface area contributed by atoms with E-state index in [0.29, 0.717) is 0 Å². The van der Waals surface area contributed by atoms with E-state index in [2.05, 4.69) is 17.1 Å². The number of hydrogen-bond donors (Lipinski definition) is 2. The van der Waals surface area contributed by atoms with Gasteiger partial charge in [-0.2, -0.15) is 0 Å². The van der Waals surface area contributed by atoms with Crippen molar-refractivity contribution in [3.8, 4) is 0 Å². The van der Waals surface area contributed by atoms with Crippen molar-refractivity contribution < 1.29 is 26.4 Å². The minimum atomic E-state index is -3.47. The number of sulfonamides is 2. The predicted molar refractivity (Wildman–Crippen MR) is 72.3 cm³/mol. The Morgan fingerprint density at radius 1 is 1.16 bits per heavy atom. The molecule has 0 aliphatic rings. The van der Waals surface area contributed by atoms with Crippen molar-refractivity contribution in [3.05, 3.63) is 10.4 Å². The third-order valence-electron chi connectivity index (χ3n) is 0.514. The minimum absolute atomic E-state index is 0.139. The molecule has 112 valence electrons. The highest BCUT2D eigenvalue weighted by Crippen LogP contribution is 1.80. The molecule has 0 bridgehead atoms. The average Bonchev–Trinajstić information content (AvgIpc) is 1.94. The molecule has 0 saturated carbocycles. The third-order valence-corrected chi connectivity index (χ3v) is 1.54. The molecular weight excluding hydrogens is 320 g/mol. The van der Waals surface area contributed by atoms with Gasteiger partial charge in [-0.25, -0.2) is 16.8 Å². The van der Waals surface area contributed by atoms with Gasteiger partial charge >= 0.3 is 0 Å². The normalized spacial score (nSPS) is 9.53. The Labute approximate surface area is 116 Å². The molecule has 10 nitrogen and oxygen atoms in total. The molecule has 0 aromatic carbocycles. The predicted octanol–water partition coefficient (Wildman–Crippen LogP) is -0.199. The summed E-state index contributed by atoms with van der Waals surface area (Å²) in [5, 5.41) is -0.139. The van der Waals surface area contributed by atoms with E-state index in [-0.39, 0.29) is 5.12 Å². The SMILES string of the molecule is CC(=O)NS(C)(=O)=O.CC(=O)S.CS(=O)(=O)N=[N+]=[N-]. The van der Waals surface area contributed by atoms with E-state index in [4.69, 9.17) is 5.53 Å². The quantitative estimate of drug-likeness (QED) is 0.307. The van der Waals surface area contributed by atoms with E-state index in [0.717, 1.165) is 19.4 Å². The van der Waals surface area contributed by atoms with Crippen LogP contribution in [0.1, 0.15) is 13.8 Å². The maximum absolute atomic E-state index is 10.1. The molecule has 19 heavy (non-hydrogen) atoms. The zero-order valence-electron chi connectivity index (χ0n) is 10.6. The summed E-state index contributed by atoms with van der Waals surface area (Å²) in [7, 11) is -6.79. The number of thiol groups is 1. The lowest BCUT2D eigenvalue weighted by atomic mass is 10.8. The van der Waals surface area contributed by atoms with Crippen molar-refractivity contribution >= 4 is 43.7 Å². The van der Waals surface area contributed by atoms with Crippen LogP contribution in [0.4, 0.5) is 0 Å². The summed E-state index contributed by atoms with van der Waals surface area (Å²) < 4.78 is 44.0. The van der Waals surface area contributed by atoms with Gasteiger partial charge in [-0.3, -0.25) is 14.3 Å². The highest BCUT2D eigenvalue weighted by atomic mass is 32.2. The molecule has 0 saturated heterocycles. The van der Waals surface area contributed by atoms with Crippen LogP contribution in [-0.2, 0) is 29.6 Å². The van der Waals surface area contributed by atoms with Gasteiger partial charge in [0.1, 0.15) is 0 Å². The number of nitrogens with one attached hydrogen (secondary N) is 1. The van der Waals surface area contributed by atoms with Crippen LogP contribution in [0.5, 0.6) is 0 Å². The fourth-order valence-electron chi connectivity index (χ4n) is 0.327.